The lowest BCUT2D eigenvalue weighted by Crippen LogP contribution is -2.28. The predicted molar refractivity (Wildman–Crippen MR) is 131 cm³/mol. The molecule has 0 spiro atoms. The predicted octanol–water partition coefficient (Wildman–Crippen LogP) is 2.82. The molecule has 180 valence electrons. The number of aryl methyl sites for hydroxylation is 1. The summed E-state index contributed by atoms with van der Waals surface area (Å²) >= 11 is 0. The van der Waals surface area contributed by atoms with Crippen molar-refractivity contribution in [1.82, 2.24) is 9.44 Å². The van der Waals surface area contributed by atoms with Gasteiger partial charge in [0.1, 0.15) is 0 Å². The summed E-state index contributed by atoms with van der Waals surface area (Å²) in [5.41, 5.74) is 2.39. The van der Waals surface area contributed by atoms with Crippen molar-refractivity contribution in [2.45, 2.75) is 29.6 Å². The number of benzene rings is 3. The highest BCUT2D eigenvalue weighted by atomic mass is 32.2. The lowest BCUT2D eigenvalue weighted by Gasteiger charge is -2.10. The summed E-state index contributed by atoms with van der Waals surface area (Å²) in [5, 5.41) is 2.63. The Balaban J connectivity index is 1.46. The maximum Gasteiger partial charge on any atom is 0.240 e. The molecule has 3 aromatic rings. The second-order valence-corrected chi connectivity index (χ2v) is 11.2. The fourth-order valence-electron chi connectivity index (χ4n) is 3.10. The summed E-state index contributed by atoms with van der Waals surface area (Å²) in [6.45, 7) is 2.06. The van der Waals surface area contributed by atoms with E-state index in [9.17, 15) is 21.6 Å². The largest absolute Gasteiger partial charge is 0.326 e. The van der Waals surface area contributed by atoms with Crippen molar-refractivity contribution < 1.29 is 21.6 Å². The number of carbonyl (C=O) groups excluding carboxylic acids is 1. The van der Waals surface area contributed by atoms with E-state index in [-0.39, 0.29) is 29.3 Å². The van der Waals surface area contributed by atoms with Gasteiger partial charge in [-0.15, -0.1) is 0 Å². The number of amides is 1. The molecule has 0 aliphatic rings. The third kappa shape index (κ3) is 7.49. The molecule has 0 aromatic heterocycles. The quantitative estimate of drug-likeness (QED) is 0.373. The average Bonchev–Trinajstić information content (AvgIpc) is 2.80. The topological polar surface area (TPSA) is 121 Å². The van der Waals surface area contributed by atoms with E-state index in [1.165, 1.54) is 36.4 Å². The molecule has 0 bridgehead atoms. The van der Waals surface area contributed by atoms with Crippen LogP contribution in [-0.4, -0.2) is 35.8 Å². The molecule has 3 aromatic carbocycles. The molecule has 3 N–H and O–H groups in total. The van der Waals surface area contributed by atoms with Crippen molar-refractivity contribution in [3.63, 3.8) is 0 Å². The highest BCUT2D eigenvalue weighted by Gasteiger charge is 2.15. The molecule has 3 rings (SSSR count). The Hall–Kier alpha value is -3.05. The zero-order chi connectivity index (χ0) is 24.6. The molecule has 10 heteroatoms. The molecule has 0 saturated carbocycles. The third-order valence-electron chi connectivity index (χ3n) is 4.97. The standard InChI is InChI=1S/C24H27N3O5S2/c1-19-7-11-22(12-8-19)33(29,30)26-18-16-24(28)27-21-9-13-23(14-10-21)34(31,32)25-17-15-20-5-3-2-4-6-20/h2-14,25-26H,15-18H2,1H3,(H,27,28). The van der Waals surface area contributed by atoms with Crippen LogP contribution in [0.1, 0.15) is 17.5 Å². The van der Waals surface area contributed by atoms with Crippen LogP contribution < -0.4 is 14.8 Å². The molecular weight excluding hydrogens is 474 g/mol. The van der Waals surface area contributed by atoms with E-state index < -0.39 is 26.0 Å². The minimum Gasteiger partial charge on any atom is -0.326 e. The first-order valence-electron chi connectivity index (χ1n) is 10.7. The zero-order valence-corrected chi connectivity index (χ0v) is 20.3. The third-order valence-corrected chi connectivity index (χ3v) is 7.93. The number of sulfonamides is 2. The van der Waals surface area contributed by atoms with Gasteiger partial charge in [0, 0.05) is 25.2 Å². The van der Waals surface area contributed by atoms with Crippen LogP contribution in [0.25, 0.3) is 0 Å². The fourth-order valence-corrected chi connectivity index (χ4v) is 5.16. The summed E-state index contributed by atoms with van der Waals surface area (Å²) in [4.78, 5) is 12.4. The second kappa shape index (κ2) is 11.4. The maximum atomic E-state index is 12.5. The monoisotopic (exact) mass is 501 g/mol. The number of rotatable bonds is 11. The van der Waals surface area contributed by atoms with Gasteiger partial charge < -0.3 is 5.32 Å². The Morgan fingerprint density at radius 1 is 0.706 bits per heavy atom. The van der Waals surface area contributed by atoms with Crippen LogP contribution in [0.3, 0.4) is 0 Å². The smallest absolute Gasteiger partial charge is 0.240 e. The molecule has 0 radical (unpaired) electrons. The summed E-state index contributed by atoms with van der Waals surface area (Å²) in [7, 11) is -7.37. The Morgan fingerprint density at radius 2 is 1.24 bits per heavy atom. The van der Waals surface area contributed by atoms with Crippen LogP contribution in [0.4, 0.5) is 5.69 Å². The maximum absolute atomic E-state index is 12.5. The summed E-state index contributed by atoms with van der Waals surface area (Å²) in [6, 6.07) is 21.7. The van der Waals surface area contributed by atoms with Crippen LogP contribution in [-0.2, 0) is 31.3 Å². The number of hydrogen-bond acceptors (Lipinski definition) is 5. The van der Waals surface area contributed by atoms with Crippen LogP contribution in [0.5, 0.6) is 0 Å². The van der Waals surface area contributed by atoms with Gasteiger partial charge in [0.25, 0.3) is 0 Å². The molecule has 0 saturated heterocycles. The molecule has 0 atom stereocenters. The van der Waals surface area contributed by atoms with Crippen LogP contribution in [0.15, 0.2) is 88.7 Å². The Bertz CT molecular complexity index is 1310. The minimum atomic E-state index is -3.70. The fraction of sp³-hybridized carbons (Fsp3) is 0.208. The number of nitrogens with one attached hydrogen (secondary N) is 3. The SMILES string of the molecule is Cc1ccc(S(=O)(=O)NCCC(=O)Nc2ccc(S(=O)(=O)NCCc3ccccc3)cc2)cc1. The second-order valence-electron chi connectivity index (χ2n) is 7.67. The first-order chi connectivity index (χ1) is 16.2. The van der Waals surface area contributed by atoms with Crippen molar-refractivity contribution in [2.24, 2.45) is 0 Å². The average molecular weight is 502 g/mol. The lowest BCUT2D eigenvalue weighted by molar-refractivity contribution is -0.116. The van der Waals surface area contributed by atoms with E-state index in [2.05, 4.69) is 14.8 Å². The van der Waals surface area contributed by atoms with Crippen molar-refractivity contribution in [3.05, 3.63) is 90.0 Å². The van der Waals surface area contributed by atoms with E-state index in [1.54, 1.807) is 12.1 Å². The van der Waals surface area contributed by atoms with Gasteiger partial charge in [0.05, 0.1) is 9.79 Å². The molecule has 1 amide bonds. The van der Waals surface area contributed by atoms with E-state index >= 15 is 0 Å². The van der Waals surface area contributed by atoms with Gasteiger partial charge in [-0.25, -0.2) is 26.3 Å². The number of hydrogen-bond donors (Lipinski definition) is 3. The summed E-state index contributed by atoms with van der Waals surface area (Å²) in [5.74, 6) is -0.400. The van der Waals surface area contributed by atoms with E-state index in [4.69, 9.17) is 0 Å². The van der Waals surface area contributed by atoms with Crippen molar-refractivity contribution in [2.75, 3.05) is 18.4 Å². The molecule has 0 aliphatic heterocycles. The molecule has 0 heterocycles. The molecule has 0 aliphatic carbocycles. The molecule has 0 unspecified atom stereocenters. The Morgan fingerprint density at radius 3 is 1.82 bits per heavy atom. The Labute approximate surface area is 200 Å². The highest BCUT2D eigenvalue weighted by Crippen LogP contribution is 2.15. The lowest BCUT2D eigenvalue weighted by atomic mass is 10.2. The van der Waals surface area contributed by atoms with Gasteiger partial charge >= 0.3 is 0 Å². The van der Waals surface area contributed by atoms with E-state index in [0.29, 0.717) is 12.1 Å². The first kappa shape index (κ1) is 25.6. The molecular formula is C24H27N3O5S2. The van der Waals surface area contributed by atoms with Gasteiger partial charge in [0.15, 0.2) is 0 Å². The van der Waals surface area contributed by atoms with Gasteiger partial charge in [-0.05, 0) is 55.3 Å². The van der Waals surface area contributed by atoms with Gasteiger partial charge in [-0.3, -0.25) is 4.79 Å². The molecule has 34 heavy (non-hydrogen) atoms. The number of carbonyl (C=O) groups is 1. The normalized spacial score (nSPS) is 11.8. The summed E-state index contributed by atoms with van der Waals surface area (Å²) < 4.78 is 54.4. The van der Waals surface area contributed by atoms with Gasteiger partial charge in [-0.2, -0.15) is 0 Å². The van der Waals surface area contributed by atoms with Crippen molar-refractivity contribution >= 4 is 31.6 Å². The number of anilines is 1. The molecule has 0 fully saturated rings. The van der Waals surface area contributed by atoms with Crippen LogP contribution in [0, 0.1) is 6.92 Å². The van der Waals surface area contributed by atoms with Gasteiger partial charge in [0.2, 0.25) is 26.0 Å². The van der Waals surface area contributed by atoms with Crippen molar-refractivity contribution in [3.8, 4) is 0 Å². The van der Waals surface area contributed by atoms with Gasteiger partial charge in [-0.1, -0.05) is 48.0 Å². The Kier molecular flexibility index (Phi) is 8.56. The van der Waals surface area contributed by atoms with E-state index in [0.717, 1.165) is 11.1 Å². The van der Waals surface area contributed by atoms with Crippen LogP contribution in [0.2, 0.25) is 0 Å². The van der Waals surface area contributed by atoms with E-state index in [1.807, 2.05) is 37.3 Å². The molecule has 8 nitrogen and oxygen atoms in total. The van der Waals surface area contributed by atoms with Crippen molar-refractivity contribution in [1.29, 1.82) is 0 Å². The zero-order valence-electron chi connectivity index (χ0n) is 18.7. The first-order valence-corrected chi connectivity index (χ1v) is 13.6. The summed E-state index contributed by atoms with van der Waals surface area (Å²) in [6.07, 6.45) is 0.494. The highest BCUT2D eigenvalue weighted by molar-refractivity contribution is 7.89. The van der Waals surface area contributed by atoms with Crippen LogP contribution >= 0.6 is 0 Å². The minimum absolute atomic E-state index is 0.0696.